The number of anilines is 1. The molecule has 1 heterocycles. The highest BCUT2D eigenvalue weighted by atomic mass is 32.2. The number of nitrogens with zero attached hydrogens (tertiary/aromatic N) is 1. The van der Waals surface area contributed by atoms with E-state index in [0.717, 1.165) is 5.56 Å². The molecule has 1 saturated heterocycles. The average molecular weight is 463 g/mol. The molecular formula is C22H26N2O7S. The molecule has 0 bridgehead atoms. The van der Waals surface area contributed by atoms with Gasteiger partial charge in [0.05, 0.1) is 45.1 Å². The first-order chi connectivity index (χ1) is 15.4. The third kappa shape index (κ3) is 5.39. The van der Waals surface area contributed by atoms with E-state index < -0.39 is 15.9 Å². The number of nitrogens with one attached hydrogen (secondary N) is 1. The zero-order valence-electron chi connectivity index (χ0n) is 18.2. The number of carbonyl (C=O) groups excluding carboxylic acids is 1. The smallest absolute Gasteiger partial charge is 0.248 e. The van der Waals surface area contributed by atoms with Gasteiger partial charge in [-0.2, -0.15) is 4.31 Å². The second-order valence-electron chi connectivity index (χ2n) is 6.82. The van der Waals surface area contributed by atoms with Crippen molar-refractivity contribution < 1.29 is 32.2 Å². The van der Waals surface area contributed by atoms with Gasteiger partial charge in [0.2, 0.25) is 15.9 Å². The van der Waals surface area contributed by atoms with Crippen molar-refractivity contribution in [2.45, 2.75) is 4.90 Å². The Morgan fingerprint density at radius 3 is 2.28 bits per heavy atom. The fraction of sp³-hybridized carbons (Fsp3) is 0.318. The molecule has 0 spiro atoms. The normalized spacial score (nSPS) is 14.8. The lowest BCUT2D eigenvalue weighted by atomic mass is 10.2. The molecule has 10 heteroatoms. The molecular weight excluding hydrogens is 436 g/mol. The molecule has 3 rings (SSSR count). The van der Waals surface area contributed by atoms with Gasteiger partial charge in [0, 0.05) is 19.2 Å². The fourth-order valence-corrected chi connectivity index (χ4v) is 4.62. The van der Waals surface area contributed by atoms with Crippen LogP contribution in [0.25, 0.3) is 6.08 Å². The van der Waals surface area contributed by atoms with Crippen LogP contribution in [0.2, 0.25) is 0 Å². The number of sulfonamides is 1. The zero-order valence-corrected chi connectivity index (χ0v) is 19.0. The molecule has 1 N–H and O–H groups in total. The first kappa shape index (κ1) is 23.6. The zero-order chi connectivity index (χ0) is 23.1. The first-order valence-electron chi connectivity index (χ1n) is 9.86. The minimum atomic E-state index is -3.71. The summed E-state index contributed by atoms with van der Waals surface area (Å²) in [6.07, 6.45) is 2.95. The average Bonchev–Trinajstić information content (AvgIpc) is 2.83. The summed E-state index contributed by atoms with van der Waals surface area (Å²) in [6.45, 7) is 1.26. The number of morpholine rings is 1. The molecule has 9 nitrogen and oxygen atoms in total. The molecule has 0 aromatic heterocycles. The molecule has 172 valence electrons. The molecule has 32 heavy (non-hydrogen) atoms. The van der Waals surface area contributed by atoms with Gasteiger partial charge in [-0.15, -0.1) is 0 Å². The highest BCUT2D eigenvalue weighted by Gasteiger charge is 2.27. The van der Waals surface area contributed by atoms with Gasteiger partial charge < -0.3 is 24.3 Å². The Bertz CT molecular complexity index is 1090. The van der Waals surface area contributed by atoms with Crippen molar-refractivity contribution in [2.75, 3.05) is 52.9 Å². The number of amides is 1. The Morgan fingerprint density at radius 2 is 1.62 bits per heavy atom. The van der Waals surface area contributed by atoms with Crippen LogP contribution < -0.4 is 19.5 Å². The topological polar surface area (TPSA) is 103 Å². The van der Waals surface area contributed by atoms with Crippen LogP contribution in [0.3, 0.4) is 0 Å². The van der Waals surface area contributed by atoms with Gasteiger partial charge in [0.15, 0.2) is 11.5 Å². The molecule has 0 saturated carbocycles. The van der Waals surface area contributed by atoms with Crippen molar-refractivity contribution in [3.8, 4) is 17.2 Å². The molecule has 1 amide bonds. The summed E-state index contributed by atoms with van der Waals surface area (Å²) in [5, 5.41) is 2.68. The highest BCUT2D eigenvalue weighted by Crippen LogP contribution is 2.30. The summed E-state index contributed by atoms with van der Waals surface area (Å²) in [5.74, 6) is 1.02. The van der Waals surface area contributed by atoms with Gasteiger partial charge in [-0.05, 0) is 42.0 Å². The number of hydrogen-bond acceptors (Lipinski definition) is 7. The monoisotopic (exact) mass is 462 g/mol. The molecule has 1 aliphatic heterocycles. The number of methoxy groups -OCH3 is 3. The Labute approximate surface area is 187 Å². The van der Waals surface area contributed by atoms with E-state index in [0.29, 0.717) is 30.5 Å². The Morgan fingerprint density at radius 1 is 0.969 bits per heavy atom. The maximum absolute atomic E-state index is 12.9. The number of ether oxygens (including phenoxy) is 4. The maximum atomic E-state index is 12.9. The lowest BCUT2D eigenvalue weighted by Gasteiger charge is -2.26. The predicted molar refractivity (Wildman–Crippen MR) is 120 cm³/mol. The van der Waals surface area contributed by atoms with Crippen LogP contribution in [0.5, 0.6) is 17.2 Å². The lowest BCUT2D eigenvalue weighted by Crippen LogP contribution is -2.40. The van der Waals surface area contributed by atoms with Gasteiger partial charge in [-0.25, -0.2) is 8.42 Å². The minimum absolute atomic E-state index is 0.0689. The maximum Gasteiger partial charge on any atom is 0.248 e. The molecule has 0 atom stereocenters. The highest BCUT2D eigenvalue weighted by molar-refractivity contribution is 7.89. The summed E-state index contributed by atoms with van der Waals surface area (Å²) in [5.41, 5.74) is 0.984. The van der Waals surface area contributed by atoms with E-state index in [9.17, 15) is 13.2 Å². The van der Waals surface area contributed by atoms with Gasteiger partial charge >= 0.3 is 0 Å². The molecule has 0 radical (unpaired) electrons. The predicted octanol–water partition coefficient (Wildman–Crippen LogP) is 2.39. The first-order valence-corrected chi connectivity index (χ1v) is 11.3. The van der Waals surface area contributed by atoms with Gasteiger partial charge in [0.1, 0.15) is 5.75 Å². The van der Waals surface area contributed by atoms with Crippen LogP contribution in [0.15, 0.2) is 47.4 Å². The van der Waals surface area contributed by atoms with Crippen molar-refractivity contribution in [1.82, 2.24) is 4.31 Å². The van der Waals surface area contributed by atoms with Gasteiger partial charge in [-0.1, -0.05) is 6.07 Å². The van der Waals surface area contributed by atoms with E-state index in [-0.39, 0.29) is 23.7 Å². The molecule has 0 unspecified atom stereocenters. The van der Waals surface area contributed by atoms with E-state index >= 15 is 0 Å². The van der Waals surface area contributed by atoms with Crippen molar-refractivity contribution in [3.05, 3.63) is 48.0 Å². The molecule has 1 aliphatic rings. The van der Waals surface area contributed by atoms with Crippen LogP contribution in [0, 0.1) is 0 Å². The van der Waals surface area contributed by atoms with E-state index in [1.807, 2.05) is 0 Å². The van der Waals surface area contributed by atoms with Crippen LogP contribution in [0.4, 0.5) is 5.69 Å². The van der Waals surface area contributed by atoms with E-state index in [4.69, 9.17) is 18.9 Å². The number of hydrogen-bond donors (Lipinski definition) is 1. The van der Waals surface area contributed by atoms with E-state index in [1.165, 1.54) is 42.8 Å². The standard InChI is InChI=1S/C22H26N2O7S/c1-28-19-8-6-17(32(26,27)24-10-12-31-13-11-24)15-18(19)23-22(25)9-5-16-4-7-20(29-2)21(14-16)30-3/h4-9,14-15H,10-13H2,1-3H3,(H,23,25)/b9-5+. The molecule has 2 aromatic carbocycles. The largest absolute Gasteiger partial charge is 0.495 e. The quantitative estimate of drug-likeness (QED) is 0.601. The van der Waals surface area contributed by atoms with Gasteiger partial charge in [-0.3, -0.25) is 4.79 Å². The SMILES string of the molecule is COc1ccc(S(=O)(=O)N2CCOCC2)cc1NC(=O)/C=C/c1ccc(OC)c(OC)c1. The Hall–Kier alpha value is -3.08. The van der Waals surface area contributed by atoms with Crippen molar-refractivity contribution in [3.63, 3.8) is 0 Å². The fourth-order valence-electron chi connectivity index (χ4n) is 3.18. The third-order valence-electron chi connectivity index (χ3n) is 4.87. The molecule has 2 aromatic rings. The van der Waals surface area contributed by atoms with Crippen molar-refractivity contribution in [2.24, 2.45) is 0 Å². The van der Waals surface area contributed by atoms with E-state index in [2.05, 4.69) is 5.32 Å². The van der Waals surface area contributed by atoms with Crippen molar-refractivity contribution >= 4 is 27.7 Å². The lowest BCUT2D eigenvalue weighted by molar-refractivity contribution is -0.111. The number of carbonyl (C=O) groups is 1. The summed E-state index contributed by atoms with van der Waals surface area (Å²) in [7, 11) is 0.806. The summed E-state index contributed by atoms with van der Waals surface area (Å²) < 4.78 is 48.2. The van der Waals surface area contributed by atoms with Crippen LogP contribution >= 0.6 is 0 Å². The van der Waals surface area contributed by atoms with Crippen LogP contribution in [-0.2, 0) is 19.6 Å². The van der Waals surface area contributed by atoms with Crippen molar-refractivity contribution in [1.29, 1.82) is 0 Å². The Kier molecular flexibility index (Phi) is 7.73. The second-order valence-corrected chi connectivity index (χ2v) is 8.75. The Balaban J connectivity index is 1.79. The molecule has 1 fully saturated rings. The number of benzene rings is 2. The summed E-state index contributed by atoms with van der Waals surface area (Å²) in [4.78, 5) is 12.6. The summed E-state index contributed by atoms with van der Waals surface area (Å²) in [6, 6.07) is 9.62. The van der Waals surface area contributed by atoms with Gasteiger partial charge in [0.25, 0.3) is 0 Å². The summed E-state index contributed by atoms with van der Waals surface area (Å²) >= 11 is 0. The van der Waals surface area contributed by atoms with Crippen LogP contribution in [-0.4, -0.2) is 66.3 Å². The number of rotatable bonds is 8. The van der Waals surface area contributed by atoms with E-state index in [1.54, 1.807) is 31.4 Å². The second kappa shape index (κ2) is 10.5. The third-order valence-corrected chi connectivity index (χ3v) is 6.77. The molecule has 0 aliphatic carbocycles. The minimum Gasteiger partial charge on any atom is -0.495 e. The van der Waals surface area contributed by atoms with Crippen LogP contribution in [0.1, 0.15) is 5.56 Å².